The minimum atomic E-state index is -0.412. The zero-order valence-electron chi connectivity index (χ0n) is 11.0. The van der Waals surface area contributed by atoms with Gasteiger partial charge < -0.3 is 4.74 Å². The molecule has 2 aliphatic rings. The standard InChI is InChI=1S/C18H14O2/c1-2-17(19)20-16-10-6-8-14-12-11-13-7-4-3-5-9-15(13)18(14)16/h2-12,16H,1H2. The van der Waals surface area contributed by atoms with Gasteiger partial charge in [-0.15, -0.1) is 0 Å². The Kier molecular flexibility index (Phi) is 3.21. The summed E-state index contributed by atoms with van der Waals surface area (Å²) in [6, 6.07) is 4.13. The summed E-state index contributed by atoms with van der Waals surface area (Å²) in [5, 5.41) is 2.20. The van der Waals surface area contributed by atoms with E-state index in [2.05, 4.69) is 30.9 Å². The normalized spacial score (nSPS) is 18.1. The largest absolute Gasteiger partial charge is 0.450 e. The van der Waals surface area contributed by atoms with E-state index < -0.39 is 5.97 Å². The van der Waals surface area contributed by atoms with Crippen molar-refractivity contribution in [2.75, 3.05) is 0 Å². The molecule has 1 aromatic rings. The van der Waals surface area contributed by atoms with Gasteiger partial charge in [0.25, 0.3) is 0 Å². The molecule has 0 bridgehead atoms. The van der Waals surface area contributed by atoms with Crippen molar-refractivity contribution in [2.24, 2.45) is 0 Å². The van der Waals surface area contributed by atoms with Crippen LogP contribution in [0.5, 0.6) is 0 Å². The summed E-state index contributed by atoms with van der Waals surface area (Å²) in [5.74, 6) is -0.412. The van der Waals surface area contributed by atoms with Crippen LogP contribution in [0, 0.1) is 0 Å². The molecule has 0 spiro atoms. The Morgan fingerprint density at radius 2 is 1.90 bits per heavy atom. The fourth-order valence-corrected chi connectivity index (χ4v) is 2.47. The second-order valence-corrected chi connectivity index (χ2v) is 4.60. The van der Waals surface area contributed by atoms with Crippen molar-refractivity contribution in [1.82, 2.24) is 0 Å². The highest BCUT2D eigenvalue weighted by atomic mass is 16.5. The molecule has 0 saturated carbocycles. The summed E-state index contributed by atoms with van der Waals surface area (Å²) in [5.41, 5.74) is 2.12. The number of rotatable bonds is 2. The van der Waals surface area contributed by atoms with E-state index in [9.17, 15) is 4.79 Å². The summed E-state index contributed by atoms with van der Waals surface area (Å²) < 4.78 is 5.44. The minimum absolute atomic E-state index is 0.369. The van der Waals surface area contributed by atoms with E-state index in [4.69, 9.17) is 4.74 Å². The van der Waals surface area contributed by atoms with Gasteiger partial charge in [-0.2, -0.15) is 0 Å². The first kappa shape index (κ1) is 12.4. The topological polar surface area (TPSA) is 26.3 Å². The van der Waals surface area contributed by atoms with Gasteiger partial charge in [0.1, 0.15) is 6.10 Å². The number of benzene rings is 1. The van der Waals surface area contributed by atoms with Gasteiger partial charge in [0, 0.05) is 11.6 Å². The van der Waals surface area contributed by atoms with Crippen LogP contribution in [0.2, 0.25) is 0 Å². The number of ether oxygens (including phenoxy) is 1. The van der Waals surface area contributed by atoms with Gasteiger partial charge in [-0.3, -0.25) is 0 Å². The van der Waals surface area contributed by atoms with E-state index in [0.29, 0.717) is 0 Å². The third kappa shape index (κ3) is 2.16. The summed E-state index contributed by atoms with van der Waals surface area (Å²) >= 11 is 0. The number of allylic oxidation sites excluding steroid dienone is 4. The van der Waals surface area contributed by atoms with Crippen LogP contribution in [0.25, 0.3) is 18.2 Å². The number of carbonyl (C=O) groups is 1. The molecular weight excluding hydrogens is 248 g/mol. The SMILES string of the molecule is C=CC(=O)OC1C=CC=c2ccc3c(c21)C=CC=CC=3. The third-order valence-electron chi connectivity index (χ3n) is 3.37. The first-order valence-electron chi connectivity index (χ1n) is 6.49. The Balaban J connectivity index is 2.19. The van der Waals surface area contributed by atoms with E-state index in [1.54, 1.807) is 0 Å². The van der Waals surface area contributed by atoms with Crippen LogP contribution in [-0.4, -0.2) is 5.97 Å². The van der Waals surface area contributed by atoms with Gasteiger partial charge in [-0.1, -0.05) is 61.2 Å². The van der Waals surface area contributed by atoms with Crippen LogP contribution < -0.4 is 10.4 Å². The Hall–Kier alpha value is -2.61. The lowest BCUT2D eigenvalue weighted by Crippen LogP contribution is -2.25. The van der Waals surface area contributed by atoms with Crippen molar-refractivity contribution >= 4 is 24.2 Å². The van der Waals surface area contributed by atoms with Crippen molar-refractivity contribution in [3.05, 3.63) is 76.7 Å². The monoisotopic (exact) mass is 262 g/mol. The van der Waals surface area contributed by atoms with Crippen molar-refractivity contribution in [2.45, 2.75) is 6.10 Å². The van der Waals surface area contributed by atoms with Gasteiger partial charge in [0.15, 0.2) is 0 Å². The van der Waals surface area contributed by atoms with Crippen LogP contribution in [-0.2, 0) is 9.53 Å². The first-order valence-corrected chi connectivity index (χ1v) is 6.49. The molecule has 0 amide bonds. The Morgan fingerprint density at radius 1 is 1.10 bits per heavy atom. The smallest absolute Gasteiger partial charge is 0.331 e. The highest BCUT2D eigenvalue weighted by Gasteiger charge is 2.19. The maximum absolute atomic E-state index is 11.5. The van der Waals surface area contributed by atoms with Gasteiger partial charge in [0.2, 0.25) is 0 Å². The molecule has 0 N–H and O–H groups in total. The molecule has 0 aromatic heterocycles. The molecule has 1 atom stereocenters. The van der Waals surface area contributed by atoms with Gasteiger partial charge >= 0.3 is 5.97 Å². The molecule has 20 heavy (non-hydrogen) atoms. The molecule has 0 heterocycles. The molecule has 98 valence electrons. The number of fused-ring (bicyclic) bond motifs is 3. The number of carbonyl (C=O) groups excluding carboxylic acids is 1. The Labute approximate surface area is 117 Å². The summed E-state index contributed by atoms with van der Waals surface area (Å²) in [4.78, 5) is 11.5. The molecule has 0 saturated heterocycles. The van der Waals surface area contributed by atoms with Crippen molar-refractivity contribution in [1.29, 1.82) is 0 Å². The van der Waals surface area contributed by atoms with Crippen LogP contribution in [0.1, 0.15) is 17.2 Å². The van der Waals surface area contributed by atoms with E-state index >= 15 is 0 Å². The maximum atomic E-state index is 11.5. The Morgan fingerprint density at radius 3 is 2.75 bits per heavy atom. The zero-order valence-corrected chi connectivity index (χ0v) is 11.0. The predicted molar refractivity (Wildman–Crippen MR) is 81.0 cm³/mol. The van der Waals surface area contributed by atoms with E-state index in [0.717, 1.165) is 21.6 Å². The first-order chi connectivity index (χ1) is 9.79. The quantitative estimate of drug-likeness (QED) is 0.603. The predicted octanol–water partition coefficient (Wildman–Crippen LogP) is 2.17. The van der Waals surface area contributed by atoms with E-state index in [1.807, 2.05) is 36.5 Å². The maximum Gasteiger partial charge on any atom is 0.331 e. The molecular formula is C18H14O2. The van der Waals surface area contributed by atoms with Gasteiger partial charge in [-0.25, -0.2) is 4.79 Å². The molecule has 0 radical (unpaired) electrons. The van der Waals surface area contributed by atoms with Crippen LogP contribution in [0.15, 0.2) is 55.2 Å². The lowest BCUT2D eigenvalue weighted by Gasteiger charge is -2.19. The van der Waals surface area contributed by atoms with Crippen LogP contribution in [0.4, 0.5) is 0 Å². The van der Waals surface area contributed by atoms with Crippen molar-refractivity contribution < 1.29 is 9.53 Å². The Bertz CT molecular complexity index is 776. The third-order valence-corrected chi connectivity index (χ3v) is 3.37. The lowest BCUT2D eigenvalue weighted by atomic mass is 9.94. The van der Waals surface area contributed by atoms with E-state index in [-0.39, 0.29) is 6.10 Å². The van der Waals surface area contributed by atoms with E-state index in [1.165, 1.54) is 6.08 Å². The molecule has 1 aromatic carbocycles. The molecule has 2 heteroatoms. The summed E-state index contributed by atoms with van der Waals surface area (Å²) in [7, 11) is 0. The minimum Gasteiger partial charge on any atom is -0.450 e. The van der Waals surface area contributed by atoms with Crippen LogP contribution >= 0.6 is 0 Å². The number of esters is 1. The number of hydrogen-bond acceptors (Lipinski definition) is 2. The second kappa shape index (κ2) is 5.17. The van der Waals surface area contributed by atoms with Crippen molar-refractivity contribution in [3.63, 3.8) is 0 Å². The second-order valence-electron chi connectivity index (χ2n) is 4.60. The van der Waals surface area contributed by atoms with Gasteiger partial charge in [0.05, 0.1) is 0 Å². The molecule has 2 aliphatic carbocycles. The van der Waals surface area contributed by atoms with Crippen molar-refractivity contribution in [3.8, 4) is 0 Å². The molecule has 2 nitrogen and oxygen atoms in total. The number of hydrogen-bond donors (Lipinski definition) is 0. The van der Waals surface area contributed by atoms with Crippen LogP contribution in [0.3, 0.4) is 0 Å². The highest BCUT2D eigenvalue weighted by molar-refractivity contribution is 5.82. The average Bonchev–Trinajstić information content (AvgIpc) is 2.72. The molecule has 0 fully saturated rings. The summed E-state index contributed by atoms with van der Waals surface area (Å²) in [6.45, 7) is 3.45. The zero-order chi connectivity index (χ0) is 13.9. The molecule has 1 unspecified atom stereocenters. The average molecular weight is 262 g/mol. The summed E-state index contributed by atoms with van der Waals surface area (Å²) in [6.07, 6.45) is 16.7. The van der Waals surface area contributed by atoms with Gasteiger partial charge in [-0.05, 0) is 22.1 Å². The molecule has 3 rings (SSSR count). The lowest BCUT2D eigenvalue weighted by molar-refractivity contribution is -0.141. The molecule has 0 aliphatic heterocycles. The highest BCUT2D eigenvalue weighted by Crippen LogP contribution is 2.22. The fraction of sp³-hybridized carbons (Fsp3) is 0.0556. The fourth-order valence-electron chi connectivity index (χ4n) is 2.47.